The van der Waals surface area contributed by atoms with Gasteiger partial charge in [-0.15, -0.1) is 11.3 Å². The molecule has 0 saturated carbocycles. The van der Waals surface area contributed by atoms with Gasteiger partial charge in [0.2, 0.25) is 0 Å². The van der Waals surface area contributed by atoms with E-state index in [4.69, 9.17) is 4.74 Å². The Morgan fingerprint density at radius 2 is 1.80 bits per heavy atom. The molecule has 0 radical (unpaired) electrons. The summed E-state index contributed by atoms with van der Waals surface area (Å²) in [5.41, 5.74) is 7.36. The van der Waals surface area contributed by atoms with Gasteiger partial charge in [0.05, 0.1) is 34.2 Å². The fourth-order valence-corrected chi connectivity index (χ4v) is 5.77. The highest BCUT2D eigenvalue weighted by molar-refractivity contribution is 7.17. The first-order valence-electron chi connectivity index (χ1n) is 12.8. The summed E-state index contributed by atoms with van der Waals surface area (Å²) in [5, 5.41) is 9.76. The number of aromatic amines is 2. The second-order valence-electron chi connectivity index (χ2n) is 9.54. The number of nitrogens with zero attached hydrogens (tertiary/aromatic N) is 3. The molecule has 2 aromatic carbocycles. The first-order valence-corrected chi connectivity index (χ1v) is 13.6. The molecule has 0 atom stereocenters. The number of H-pyrrole nitrogens is 2. The van der Waals surface area contributed by atoms with E-state index in [-0.39, 0.29) is 5.78 Å². The number of ether oxygens (including phenoxy) is 1. The summed E-state index contributed by atoms with van der Waals surface area (Å²) in [6, 6.07) is 26.2. The van der Waals surface area contributed by atoms with Crippen molar-refractivity contribution in [2.45, 2.75) is 13.5 Å². The maximum atomic E-state index is 11.9. The number of hydrogen-bond donors (Lipinski definition) is 2. The molecule has 2 N–H and O–H groups in total. The lowest BCUT2D eigenvalue weighted by molar-refractivity contribution is 0.102. The lowest BCUT2D eigenvalue weighted by Gasteiger charge is -2.08. The van der Waals surface area contributed by atoms with Gasteiger partial charge in [0.15, 0.2) is 5.78 Å². The van der Waals surface area contributed by atoms with Crippen LogP contribution in [0.2, 0.25) is 0 Å². The average molecular weight is 542 g/mol. The number of carbonyl (C=O) groups excluding carboxylic acids is 1. The zero-order valence-electron chi connectivity index (χ0n) is 21.5. The fraction of sp³-hybridized carbons (Fsp3) is 0.0625. The zero-order valence-corrected chi connectivity index (χ0v) is 22.3. The number of rotatable bonds is 7. The molecule has 8 heteroatoms. The van der Waals surface area contributed by atoms with Gasteiger partial charge in [-0.2, -0.15) is 5.10 Å². The van der Waals surface area contributed by atoms with E-state index in [1.807, 2.05) is 60.7 Å². The lowest BCUT2D eigenvalue weighted by atomic mass is 10.1. The van der Waals surface area contributed by atoms with Gasteiger partial charge in [0.1, 0.15) is 18.1 Å². The number of carbonyl (C=O) groups is 1. The Balaban J connectivity index is 1.23. The van der Waals surface area contributed by atoms with Gasteiger partial charge in [-0.3, -0.25) is 19.9 Å². The first kappa shape index (κ1) is 24.0. The minimum Gasteiger partial charge on any atom is -0.487 e. The number of hydrogen-bond acceptors (Lipinski definition) is 6. The number of nitrogens with one attached hydrogen (secondary N) is 2. The van der Waals surface area contributed by atoms with Crippen LogP contribution in [0.3, 0.4) is 0 Å². The van der Waals surface area contributed by atoms with E-state index in [1.54, 1.807) is 25.5 Å². The van der Waals surface area contributed by atoms with Crippen LogP contribution in [0.5, 0.6) is 5.75 Å². The molecule has 0 unspecified atom stereocenters. The molecular formula is C32H23N5O2S. The highest BCUT2D eigenvalue weighted by Crippen LogP contribution is 2.37. The van der Waals surface area contributed by atoms with E-state index in [1.165, 1.54) is 11.3 Å². The number of pyridine rings is 2. The Morgan fingerprint density at radius 1 is 0.900 bits per heavy atom. The second kappa shape index (κ2) is 9.91. The van der Waals surface area contributed by atoms with E-state index in [9.17, 15) is 4.79 Å². The van der Waals surface area contributed by atoms with Crippen LogP contribution in [0.1, 0.15) is 22.2 Å². The minimum atomic E-state index is 0.0779. The van der Waals surface area contributed by atoms with Crippen LogP contribution < -0.4 is 4.74 Å². The van der Waals surface area contributed by atoms with Crippen LogP contribution in [0.25, 0.3) is 54.9 Å². The van der Waals surface area contributed by atoms with Crippen molar-refractivity contribution in [3.63, 3.8) is 0 Å². The Morgan fingerprint density at radius 3 is 2.65 bits per heavy atom. The van der Waals surface area contributed by atoms with Crippen LogP contribution in [-0.4, -0.2) is 30.9 Å². The molecule has 7 nitrogen and oxygen atoms in total. The number of fused-ring (bicyclic) bond motifs is 2. The van der Waals surface area contributed by atoms with Gasteiger partial charge in [-0.25, -0.2) is 0 Å². The van der Waals surface area contributed by atoms with Crippen LogP contribution in [0, 0.1) is 0 Å². The predicted octanol–water partition coefficient (Wildman–Crippen LogP) is 7.68. The summed E-state index contributed by atoms with van der Waals surface area (Å²) in [5.74, 6) is 0.759. The fourth-order valence-electron chi connectivity index (χ4n) is 4.83. The van der Waals surface area contributed by atoms with Crippen molar-refractivity contribution in [2.75, 3.05) is 0 Å². The van der Waals surface area contributed by atoms with Crippen molar-refractivity contribution in [3.8, 4) is 38.8 Å². The monoisotopic (exact) mass is 541 g/mol. The summed E-state index contributed by atoms with van der Waals surface area (Å²) in [6.45, 7) is 2.06. The summed E-state index contributed by atoms with van der Waals surface area (Å²) in [4.78, 5) is 26.2. The molecule has 40 heavy (non-hydrogen) atoms. The van der Waals surface area contributed by atoms with Crippen molar-refractivity contribution >= 4 is 38.9 Å². The summed E-state index contributed by atoms with van der Waals surface area (Å²) in [6.07, 6.45) is 5.29. The van der Waals surface area contributed by atoms with Crippen LogP contribution >= 0.6 is 11.3 Å². The standard InChI is InChI=1S/C32H23N5O2S/c1-19(38)30-10-11-31(40-30)23-8-5-9-26-24(23)13-28(35-26)32-25-14-27(34-17-29(25)36-37-32)21-12-22(16-33-15-21)39-18-20-6-3-2-4-7-20/h2-17,35H,18H2,1H3,(H,36,37). The van der Waals surface area contributed by atoms with E-state index in [0.29, 0.717) is 12.4 Å². The van der Waals surface area contributed by atoms with Crippen LogP contribution in [0.15, 0.2) is 97.5 Å². The Kier molecular flexibility index (Phi) is 5.94. The summed E-state index contributed by atoms with van der Waals surface area (Å²) < 4.78 is 5.98. The second-order valence-corrected chi connectivity index (χ2v) is 10.6. The molecule has 0 fully saturated rings. The average Bonchev–Trinajstić information content (AvgIpc) is 3.74. The molecule has 0 saturated heterocycles. The maximum Gasteiger partial charge on any atom is 0.169 e. The molecule has 7 aromatic rings. The molecule has 5 heterocycles. The highest BCUT2D eigenvalue weighted by Gasteiger charge is 2.16. The molecule has 0 aliphatic heterocycles. The van der Waals surface area contributed by atoms with E-state index >= 15 is 0 Å². The quantitative estimate of drug-likeness (QED) is 0.202. The van der Waals surface area contributed by atoms with Crippen molar-refractivity contribution in [1.29, 1.82) is 0 Å². The third kappa shape index (κ3) is 4.44. The van der Waals surface area contributed by atoms with Gasteiger partial charge >= 0.3 is 0 Å². The SMILES string of the molecule is CC(=O)c1ccc(-c2cccc3[nH]c(-c4n[nH]c5cnc(-c6cncc(OCc7ccccc7)c6)cc45)cc23)s1. The molecule has 194 valence electrons. The van der Waals surface area contributed by atoms with E-state index in [2.05, 4.69) is 43.3 Å². The van der Waals surface area contributed by atoms with Crippen molar-refractivity contribution < 1.29 is 9.53 Å². The van der Waals surface area contributed by atoms with Crippen molar-refractivity contribution in [3.05, 3.63) is 108 Å². The molecule has 7 rings (SSSR count). The van der Waals surface area contributed by atoms with E-state index in [0.717, 1.165) is 65.3 Å². The van der Waals surface area contributed by atoms with Crippen LogP contribution in [0.4, 0.5) is 0 Å². The first-order chi connectivity index (χ1) is 19.6. The molecule has 0 aliphatic carbocycles. The molecular weight excluding hydrogens is 518 g/mol. The molecule has 5 aromatic heterocycles. The van der Waals surface area contributed by atoms with Gasteiger partial charge < -0.3 is 9.72 Å². The topological polar surface area (TPSA) is 96.6 Å². The highest BCUT2D eigenvalue weighted by atomic mass is 32.1. The normalized spacial score (nSPS) is 11.3. The molecule has 0 amide bonds. The van der Waals surface area contributed by atoms with Gasteiger partial charge in [-0.1, -0.05) is 42.5 Å². The number of benzene rings is 2. The summed E-state index contributed by atoms with van der Waals surface area (Å²) >= 11 is 1.51. The minimum absolute atomic E-state index is 0.0779. The third-order valence-electron chi connectivity index (χ3n) is 6.84. The van der Waals surface area contributed by atoms with Crippen LogP contribution in [-0.2, 0) is 6.61 Å². The largest absolute Gasteiger partial charge is 0.487 e. The number of Topliss-reactive ketones (excluding diaryl/α,β-unsaturated/α-hetero) is 1. The Labute approximate surface area is 233 Å². The lowest BCUT2D eigenvalue weighted by Crippen LogP contribution is -1.96. The molecule has 0 spiro atoms. The Bertz CT molecular complexity index is 2000. The number of ketones is 1. The van der Waals surface area contributed by atoms with E-state index < -0.39 is 0 Å². The maximum absolute atomic E-state index is 11.9. The van der Waals surface area contributed by atoms with Crippen molar-refractivity contribution in [1.82, 2.24) is 25.1 Å². The number of thiophene rings is 1. The predicted molar refractivity (Wildman–Crippen MR) is 159 cm³/mol. The van der Waals surface area contributed by atoms with Gasteiger partial charge in [-0.05, 0) is 48.9 Å². The zero-order chi connectivity index (χ0) is 27.1. The van der Waals surface area contributed by atoms with Gasteiger partial charge in [0, 0.05) is 38.5 Å². The smallest absolute Gasteiger partial charge is 0.169 e. The molecule has 0 aliphatic rings. The Hall–Kier alpha value is -5.08. The molecule has 0 bridgehead atoms. The van der Waals surface area contributed by atoms with Gasteiger partial charge in [0.25, 0.3) is 0 Å². The summed E-state index contributed by atoms with van der Waals surface area (Å²) in [7, 11) is 0. The van der Waals surface area contributed by atoms with Crippen molar-refractivity contribution in [2.24, 2.45) is 0 Å². The number of aromatic nitrogens is 5. The third-order valence-corrected chi connectivity index (χ3v) is 8.06.